The molecule has 4 rings (SSSR count). The van der Waals surface area contributed by atoms with E-state index in [1.165, 1.54) is 0 Å². The van der Waals surface area contributed by atoms with Crippen LogP contribution in [0, 0.1) is 0 Å². The Hall–Kier alpha value is -2.62. The summed E-state index contributed by atoms with van der Waals surface area (Å²) in [5.74, 6) is 1.97. The molecule has 0 bridgehead atoms. The van der Waals surface area contributed by atoms with Crippen molar-refractivity contribution in [1.29, 1.82) is 0 Å². The summed E-state index contributed by atoms with van der Waals surface area (Å²) in [5.41, 5.74) is 3.21. The normalized spacial score (nSPS) is 13.3. The molecule has 0 atom stereocenters. The first kappa shape index (κ1) is 10.3. The van der Waals surface area contributed by atoms with E-state index in [1.54, 1.807) is 0 Å². The monoisotopic (exact) mass is 248 g/mol. The van der Waals surface area contributed by atoms with E-state index in [4.69, 9.17) is 0 Å². The number of pyridine rings is 2. The van der Waals surface area contributed by atoms with Crippen molar-refractivity contribution in [3.05, 3.63) is 54.4 Å². The molecule has 4 nitrogen and oxygen atoms in total. The van der Waals surface area contributed by atoms with Gasteiger partial charge in [-0.1, -0.05) is 18.2 Å². The van der Waals surface area contributed by atoms with Gasteiger partial charge in [0, 0.05) is 24.5 Å². The molecule has 0 saturated carbocycles. The Labute approximate surface area is 110 Å². The Bertz CT molecular complexity index is 771. The number of hydrogen-bond acceptors (Lipinski definition) is 3. The van der Waals surface area contributed by atoms with E-state index in [0.717, 1.165) is 34.8 Å². The van der Waals surface area contributed by atoms with Crippen LogP contribution in [0.5, 0.6) is 0 Å². The largest absolute Gasteiger partial charge is 0.367 e. The lowest BCUT2D eigenvalue weighted by Gasteiger charge is -2.13. The smallest absolute Gasteiger partial charge is 0.138 e. The van der Waals surface area contributed by atoms with Crippen LogP contribution in [0.2, 0.25) is 0 Å². The number of hydrogen-bond donors (Lipinski definition) is 1. The van der Waals surface area contributed by atoms with Crippen LogP contribution in [-0.2, 0) is 0 Å². The average Bonchev–Trinajstić information content (AvgIpc) is 2.83. The van der Waals surface area contributed by atoms with Gasteiger partial charge >= 0.3 is 0 Å². The van der Waals surface area contributed by atoms with Crippen LogP contribution in [0.15, 0.2) is 48.8 Å². The molecule has 0 saturated heterocycles. The third kappa shape index (κ3) is 1.46. The standard InChI is InChI=1S/C15H12N4/c1-2-8-16-13(7-1)19-12-6-4-9-17-14(12)11-5-3-10-18-15(11)19/h1-9,18H,10H2. The van der Waals surface area contributed by atoms with Crippen molar-refractivity contribution in [2.45, 2.75) is 0 Å². The van der Waals surface area contributed by atoms with Gasteiger partial charge in [0.1, 0.15) is 11.6 Å². The molecule has 1 aliphatic heterocycles. The first-order valence-electron chi connectivity index (χ1n) is 6.26. The molecule has 0 aromatic carbocycles. The summed E-state index contributed by atoms with van der Waals surface area (Å²) < 4.78 is 2.13. The Balaban J connectivity index is 2.13. The number of nitrogens with zero attached hydrogens (tertiary/aromatic N) is 3. The van der Waals surface area contributed by atoms with Gasteiger partial charge in [-0.2, -0.15) is 0 Å². The van der Waals surface area contributed by atoms with Crippen molar-refractivity contribution in [2.24, 2.45) is 0 Å². The number of anilines is 1. The van der Waals surface area contributed by atoms with E-state index in [1.807, 2.05) is 36.7 Å². The van der Waals surface area contributed by atoms with Crippen molar-refractivity contribution in [3.63, 3.8) is 0 Å². The second-order valence-corrected chi connectivity index (χ2v) is 4.44. The Morgan fingerprint density at radius 2 is 2.00 bits per heavy atom. The minimum absolute atomic E-state index is 0.830. The van der Waals surface area contributed by atoms with Crippen LogP contribution in [0.1, 0.15) is 5.56 Å². The van der Waals surface area contributed by atoms with Gasteiger partial charge in [0.15, 0.2) is 0 Å². The van der Waals surface area contributed by atoms with Crippen LogP contribution in [0.25, 0.3) is 22.9 Å². The number of rotatable bonds is 1. The van der Waals surface area contributed by atoms with E-state index in [0.29, 0.717) is 0 Å². The highest BCUT2D eigenvalue weighted by molar-refractivity contribution is 5.95. The molecule has 4 heterocycles. The molecule has 19 heavy (non-hydrogen) atoms. The lowest BCUT2D eigenvalue weighted by molar-refractivity contribution is 1.03. The summed E-state index contributed by atoms with van der Waals surface area (Å²) in [5, 5.41) is 3.42. The molecular weight excluding hydrogens is 236 g/mol. The number of fused-ring (bicyclic) bond motifs is 3. The Morgan fingerprint density at radius 1 is 1.05 bits per heavy atom. The molecule has 0 aliphatic carbocycles. The summed E-state index contributed by atoms with van der Waals surface area (Å²) >= 11 is 0. The Morgan fingerprint density at radius 3 is 2.89 bits per heavy atom. The zero-order chi connectivity index (χ0) is 12.7. The third-order valence-corrected chi connectivity index (χ3v) is 3.31. The summed E-state index contributed by atoms with van der Waals surface area (Å²) in [6.07, 6.45) is 7.87. The molecule has 3 aromatic heterocycles. The molecule has 0 spiro atoms. The van der Waals surface area contributed by atoms with Gasteiger partial charge in [-0.15, -0.1) is 0 Å². The average molecular weight is 248 g/mol. The first-order valence-corrected chi connectivity index (χ1v) is 6.26. The highest BCUT2D eigenvalue weighted by atomic mass is 15.2. The Kier molecular flexibility index (Phi) is 2.14. The van der Waals surface area contributed by atoms with Crippen molar-refractivity contribution in [3.8, 4) is 5.82 Å². The fraction of sp³-hybridized carbons (Fsp3) is 0.0667. The minimum Gasteiger partial charge on any atom is -0.367 e. The number of aromatic nitrogens is 3. The summed E-state index contributed by atoms with van der Waals surface area (Å²) in [4.78, 5) is 8.95. The highest BCUT2D eigenvalue weighted by Gasteiger charge is 2.19. The van der Waals surface area contributed by atoms with Crippen LogP contribution in [0.3, 0.4) is 0 Å². The predicted molar refractivity (Wildman–Crippen MR) is 76.4 cm³/mol. The molecule has 3 aromatic rings. The van der Waals surface area contributed by atoms with Crippen LogP contribution in [0.4, 0.5) is 5.82 Å². The number of nitrogens with one attached hydrogen (secondary N) is 1. The summed E-state index contributed by atoms with van der Waals surface area (Å²) in [6.45, 7) is 0.830. The van der Waals surface area contributed by atoms with E-state index < -0.39 is 0 Å². The molecule has 0 radical (unpaired) electrons. The quantitative estimate of drug-likeness (QED) is 0.720. The van der Waals surface area contributed by atoms with Gasteiger partial charge in [0.25, 0.3) is 0 Å². The molecule has 1 aliphatic rings. The SMILES string of the molecule is C1=Cc2c(n(-c3ccccn3)c3cccnc23)NC1. The minimum atomic E-state index is 0.830. The molecule has 1 N–H and O–H groups in total. The van der Waals surface area contributed by atoms with E-state index in [2.05, 4.69) is 38.1 Å². The molecule has 92 valence electrons. The fourth-order valence-electron chi connectivity index (χ4n) is 2.53. The summed E-state index contributed by atoms with van der Waals surface area (Å²) in [7, 11) is 0. The molecular formula is C15H12N4. The zero-order valence-corrected chi connectivity index (χ0v) is 10.2. The van der Waals surface area contributed by atoms with Crippen LogP contribution in [-0.4, -0.2) is 21.1 Å². The fourth-order valence-corrected chi connectivity index (χ4v) is 2.53. The summed E-state index contributed by atoms with van der Waals surface area (Å²) in [6, 6.07) is 9.96. The lowest BCUT2D eigenvalue weighted by Crippen LogP contribution is -2.09. The topological polar surface area (TPSA) is 42.7 Å². The van der Waals surface area contributed by atoms with Crippen LogP contribution >= 0.6 is 0 Å². The maximum Gasteiger partial charge on any atom is 0.138 e. The van der Waals surface area contributed by atoms with E-state index in [-0.39, 0.29) is 0 Å². The predicted octanol–water partition coefficient (Wildman–Crippen LogP) is 2.86. The van der Waals surface area contributed by atoms with Crippen LogP contribution < -0.4 is 5.32 Å². The van der Waals surface area contributed by atoms with Gasteiger partial charge in [-0.3, -0.25) is 9.55 Å². The molecule has 4 heteroatoms. The highest BCUT2D eigenvalue weighted by Crippen LogP contribution is 2.33. The van der Waals surface area contributed by atoms with Gasteiger partial charge in [0.05, 0.1) is 11.0 Å². The van der Waals surface area contributed by atoms with Gasteiger partial charge in [0.2, 0.25) is 0 Å². The first-order chi connectivity index (χ1) is 9.45. The van der Waals surface area contributed by atoms with Crippen molar-refractivity contribution < 1.29 is 0 Å². The maximum absolute atomic E-state index is 4.50. The van der Waals surface area contributed by atoms with E-state index in [9.17, 15) is 0 Å². The molecule has 0 unspecified atom stereocenters. The lowest BCUT2D eigenvalue weighted by atomic mass is 10.2. The van der Waals surface area contributed by atoms with Gasteiger partial charge in [-0.25, -0.2) is 4.98 Å². The van der Waals surface area contributed by atoms with Crippen molar-refractivity contribution in [1.82, 2.24) is 14.5 Å². The van der Waals surface area contributed by atoms with Crippen molar-refractivity contribution >= 4 is 22.9 Å². The zero-order valence-electron chi connectivity index (χ0n) is 10.2. The molecule has 0 fully saturated rings. The van der Waals surface area contributed by atoms with Gasteiger partial charge < -0.3 is 5.32 Å². The second kappa shape index (κ2) is 3.95. The third-order valence-electron chi connectivity index (χ3n) is 3.31. The molecule has 0 amide bonds. The van der Waals surface area contributed by atoms with Gasteiger partial charge in [-0.05, 0) is 24.3 Å². The van der Waals surface area contributed by atoms with Crippen molar-refractivity contribution in [2.75, 3.05) is 11.9 Å². The van der Waals surface area contributed by atoms with E-state index >= 15 is 0 Å². The second-order valence-electron chi connectivity index (χ2n) is 4.44. The maximum atomic E-state index is 4.50.